The minimum absolute atomic E-state index is 0.229. The fourth-order valence-corrected chi connectivity index (χ4v) is 3.17. The van der Waals surface area contributed by atoms with E-state index in [9.17, 15) is 13.2 Å². The van der Waals surface area contributed by atoms with Gasteiger partial charge in [-0.15, -0.1) is 0 Å². The van der Waals surface area contributed by atoms with Gasteiger partial charge in [0.1, 0.15) is 5.75 Å². The number of halogens is 3. The molecule has 1 atom stereocenters. The second-order valence-electron chi connectivity index (χ2n) is 6.24. The number of benzene rings is 2. The predicted octanol–water partition coefficient (Wildman–Crippen LogP) is 5.25. The first-order valence-corrected chi connectivity index (χ1v) is 8.15. The number of alkyl halides is 3. The molecule has 0 saturated heterocycles. The zero-order valence-electron chi connectivity index (χ0n) is 14.2. The minimum Gasteiger partial charge on any atom is -0.497 e. The van der Waals surface area contributed by atoms with E-state index in [1.165, 1.54) is 0 Å². The van der Waals surface area contributed by atoms with Crippen molar-refractivity contribution < 1.29 is 17.9 Å². The smallest absolute Gasteiger partial charge is 0.416 e. The van der Waals surface area contributed by atoms with Gasteiger partial charge < -0.3 is 9.64 Å². The number of hydrogen-bond donors (Lipinski definition) is 0. The lowest BCUT2D eigenvalue weighted by molar-refractivity contribution is -0.137. The van der Waals surface area contributed by atoms with Crippen LogP contribution in [0.3, 0.4) is 0 Å². The van der Waals surface area contributed by atoms with Crippen LogP contribution in [0.4, 0.5) is 18.9 Å². The lowest BCUT2D eigenvalue weighted by Gasteiger charge is -2.33. The van der Waals surface area contributed by atoms with Crippen LogP contribution in [0.25, 0.3) is 5.57 Å². The van der Waals surface area contributed by atoms with Gasteiger partial charge in [0.05, 0.1) is 12.7 Å². The van der Waals surface area contributed by atoms with Gasteiger partial charge in [-0.25, -0.2) is 0 Å². The second-order valence-corrected chi connectivity index (χ2v) is 6.24. The number of rotatable bonds is 3. The maximum Gasteiger partial charge on any atom is 0.416 e. The highest BCUT2D eigenvalue weighted by molar-refractivity contribution is 5.70. The number of ether oxygens (including phenoxy) is 1. The zero-order chi connectivity index (χ0) is 18.0. The summed E-state index contributed by atoms with van der Waals surface area (Å²) < 4.78 is 43.3. The Morgan fingerprint density at radius 3 is 2.16 bits per heavy atom. The normalized spacial score (nSPS) is 18.0. The van der Waals surface area contributed by atoms with E-state index in [-0.39, 0.29) is 5.92 Å². The van der Waals surface area contributed by atoms with E-state index in [1.54, 1.807) is 19.2 Å². The van der Waals surface area contributed by atoms with Gasteiger partial charge in [-0.05, 0) is 53.5 Å². The van der Waals surface area contributed by atoms with Crippen molar-refractivity contribution in [2.45, 2.75) is 13.1 Å². The molecule has 0 fully saturated rings. The largest absolute Gasteiger partial charge is 0.497 e. The Kier molecular flexibility index (Phi) is 4.75. The molecule has 0 N–H and O–H groups in total. The molecule has 3 rings (SSSR count). The molecule has 0 saturated carbocycles. The Hall–Kier alpha value is -2.43. The van der Waals surface area contributed by atoms with Crippen molar-refractivity contribution >= 4 is 11.3 Å². The third kappa shape index (κ3) is 3.81. The number of methoxy groups -OCH3 is 1. The van der Waals surface area contributed by atoms with Crippen molar-refractivity contribution in [3.8, 4) is 5.75 Å². The first kappa shape index (κ1) is 17.4. The summed E-state index contributed by atoms with van der Waals surface area (Å²) in [7, 11) is 1.64. The van der Waals surface area contributed by atoms with Gasteiger partial charge in [0.15, 0.2) is 0 Å². The molecule has 0 aliphatic carbocycles. The molecule has 1 aliphatic heterocycles. The quantitative estimate of drug-likeness (QED) is 0.751. The SMILES string of the molecule is COc1ccc(N2CC=C(c3ccc(C(F)(F)F)cc3)C(C)C2)cc1. The molecule has 1 unspecified atom stereocenters. The molecule has 2 aromatic carbocycles. The maximum atomic E-state index is 12.7. The maximum absolute atomic E-state index is 12.7. The van der Waals surface area contributed by atoms with Crippen LogP contribution in [0, 0.1) is 5.92 Å². The average molecular weight is 347 g/mol. The number of hydrogen-bond acceptors (Lipinski definition) is 2. The molecule has 0 radical (unpaired) electrons. The fraction of sp³-hybridized carbons (Fsp3) is 0.300. The topological polar surface area (TPSA) is 12.5 Å². The first-order chi connectivity index (χ1) is 11.9. The summed E-state index contributed by atoms with van der Waals surface area (Å²) in [6, 6.07) is 13.3. The molecule has 132 valence electrons. The van der Waals surface area contributed by atoms with E-state index in [2.05, 4.69) is 17.9 Å². The average Bonchev–Trinajstić information content (AvgIpc) is 2.61. The third-order valence-electron chi connectivity index (χ3n) is 4.54. The highest BCUT2D eigenvalue weighted by Gasteiger charge is 2.30. The number of anilines is 1. The molecule has 0 aromatic heterocycles. The molecule has 2 nitrogen and oxygen atoms in total. The zero-order valence-corrected chi connectivity index (χ0v) is 14.2. The van der Waals surface area contributed by atoms with Crippen LogP contribution in [0.15, 0.2) is 54.6 Å². The van der Waals surface area contributed by atoms with Crippen molar-refractivity contribution in [1.82, 2.24) is 0 Å². The van der Waals surface area contributed by atoms with Crippen LogP contribution in [0.2, 0.25) is 0 Å². The molecule has 0 bridgehead atoms. The monoisotopic (exact) mass is 347 g/mol. The summed E-state index contributed by atoms with van der Waals surface area (Å²) in [4.78, 5) is 2.25. The molecule has 5 heteroatoms. The summed E-state index contributed by atoms with van der Waals surface area (Å²) >= 11 is 0. The van der Waals surface area contributed by atoms with E-state index in [4.69, 9.17) is 4.74 Å². The van der Waals surface area contributed by atoms with Crippen LogP contribution in [-0.2, 0) is 6.18 Å². The van der Waals surface area contributed by atoms with Crippen molar-refractivity contribution in [3.05, 3.63) is 65.7 Å². The second kappa shape index (κ2) is 6.82. The Balaban J connectivity index is 1.77. The Morgan fingerprint density at radius 1 is 1.00 bits per heavy atom. The summed E-state index contributed by atoms with van der Waals surface area (Å²) in [5.41, 5.74) is 2.45. The highest BCUT2D eigenvalue weighted by Crippen LogP contribution is 2.33. The van der Waals surface area contributed by atoms with Crippen LogP contribution in [0.5, 0.6) is 5.75 Å². The summed E-state index contributed by atoms with van der Waals surface area (Å²) in [5.74, 6) is 1.04. The van der Waals surface area contributed by atoms with Gasteiger partial charge in [-0.3, -0.25) is 0 Å². The first-order valence-electron chi connectivity index (χ1n) is 8.15. The van der Waals surface area contributed by atoms with Crippen molar-refractivity contribution in [3.63, 3.8) is 0 Å². The van der Waals surface area contributed by atoms with Crippen molar-refractivity contribution in [2.24, 2.45) is 5.92 Å². The summed E-state index contributed by atoms with van der Waals surface area (Å²) in [6.45, 7) is 3.64. The Labute approximate surface area is 145 Å². The summed E-state index contributed by atoms with van der Waals surface area (Å²) in [6.07, 6.45) is -2.20. The lowest BCUT2D eigenvalue weighted by Crippen LogP contribution is -2.33. The molecule has 25 heavy (non-hydrogen) atoms. The standard InChI is InChI=1S/C20H20F3NO/c1-14-13-24(17-7-9-18(25-2)10-8-17)12-11-19(14)15-3-5-16(6-4-15)20(21,22)23/h3-11,14H,12-13H2,1-2H3. The van der Waals surface area contributed by atoms with Gasteiger partial charge in [0.2, 0.25) is 0 Å². The van der Waals surface area contributed by atoms with Crippen LogP contribution < -0.4 is 9.64 Å². The van der Waals surface area contributed by atoms with Crippen LogP contribution >= 0.6 is 0 Å². The minimum atomic E-state index is -4.30. The van der Waals surface area contributed by atoms with Crippen molar-refractivity contribution in [2.75, 3.05) is 25.1 Å². The molecular weight excluding hydrogens is 327 g/mol. The van der Waals surface area contributed by atoms with E-state index in [0.717, 1.165) is 47.8 Å². The predicted molar refractivity (Wildman–Crippen MR) is 93.8 cm³/mol. The van der Waals surface area contributed by atoms with Gasteiger partial charge in [-0.2, -0.15) is 13.2 Å². The molecule has 2 aromatic rings. The highest BCUT2D eigenvalue weighted by atomic mass is 19.4. The van der Waals surface area contributed by atoms with Gasteiger partial charge >= 0.3 is 6.18 Å². The molecule has 0 amide bonds. The van der Waals surface area contributed by atoms with Crippen LogP contribution in [0.1, 0.15) is 18.1 Å². The number of nitrogens with zero attached hydrogens (tertiary/aromatic N) is 1. The van der Waals surface area contributed by atoms with Gasteiger partial charge in [0.25, 0.3) is 0 Å². The van der Waals surface area contributed by atoms with E-state index < -0.39 is 11.7 Å². The Bertz CT molecular complexity index is 748. The molecular formula is C20H20F3NO. The van der Waals surface area contributed by atoms with E-state index in [0.29, 0.717) is 0 Å². The van der Waals surface area contributed by atoms with Crippen LogP contribution in [-0.4, -0.2) is 20.2 Å². The Morgan fingerprint density at radius 2 is 1.64 bits per heavy atom. The lowest BCUT2D eigenvalue weighted by atomic mass is 9.90. The molecule has 1 heterocycles. The van der Waals surface area contributed by atoms with E-state index in [1.807, 2.05) is 24.3 Å². The molecule has 1 aliphatic rings. The fourth-order valence-electron chi connectivity index (χ4n) is 3.17. The molecule has 0 spiro atoms. The van der Waals surface area contributed by atoms with Crippen molar-refractivity contribution in [1.29, 1.82) is 0 Å². The summed E-state index contributed by atoms with van der Waals surface area (Å²) in [5, 5.41) is 0. The van der Waals surface area contributed by atoms with Gasteiger partial charge in [-0.1, -0.05) is 25.1 Å². The van der Waals surface area contributed by atoms with Gasteiger partial charge in [0, 0.05) is 18.8 Å². The van der Waals surface area contributed by atoms with E-state index >= 15 is 0 Å². The third-order valence-corrected chi connectivity index (χ3v) is 4.54.